The summed E-state index contributed by atoms with van der Waals surface area (Å²) in [6, 6.07) is 4.48. The fourth-order valence-electron chi connectivity index (χ4n) is 3.39. The standard InChI is InChI=1S/C21H26FN3O3S2/c1-13-7-8-17(16(22)9-13)25(11-15-5-3-4-6-15)21(28)24-20-23-10-18(30-20)29-12-14(2)19(26)27/h7-10,14-15H,3-6,11-12H2,1-2H3,(H,26,27)(H,23,24,28). The normalized spacial score (nSPS) is 15.2. The summed E-state index contributed by atoms with van der Waals surface area (Å²) in [5, 5.41) is 12.2. The molecule has 2 aromatic rings. The lowest BCUT2D eigenvalue weighted by molar-refractivity contribution is -0.140. The first kappa shape index (κ1) is 22.6. The van der Waals surface area contributed by atoms with Gasteiger partial charge in [-0.25, -0.2) is 14.2 Å². The van der Waals surface area contributed by atoms with Crippen molar-refractivity contribution < 1.29 is 19.1 Å². The number of thioether (sulfide) groups is 1. The molecule has 0 radical (unpaired) electrons. The second kappa shape index (κ2) is 10.3. The lowest BCUT2D eigenvalue weighted by Crippen LogP contribution is -2.38. The first-order valence-corrected chi connectivity index (χ1v) is 11.8. The van der Waals surface area contributed by atoms with Crippen LogP contribution in [-0.2, 0) is 4.79 Å². The lowest BCUT2D eigenvalue weighted by atomic mass is 10.1. The SMILES string of the molecule is Cc1ccc(N(CC2CCCC2)C(=O)Nc2ncc(SCC(C)C(=O)O)s2)c(F)c1. The molecule has 162 valence electrons. The summed E-state index contributed by atoms with van der Waals surface area (Å²) in [6.07, 6.45) is 5.97. The number of carbonyl (C=O) groups excluding carboxylic acids is 1. The average Bonchev–Trinajstić information content (AvgIpc) is 3.36. The van der Waals surface area contributed by atoms with Crippen LogP contribution in [-0.4, -0.2) is 34.4 Å². The van der Waals surface area contributed by atoms with Gasteiger partial charge < -0.3 is 5.11 Å². The van der Waals surface area contributed by atoms with E-state index in [2.05, 4.69) is 10.3 Å². The van der Waals surface area contributed by atoms with Crippen LogP contribution in [0.5, 0.6) is 0 Å². The van der Waals surface area contributed by atoms with Crippen LogP contribution in [0.3, 0.4) is 0 Å². The van der Waals surface area contributed by atoms with E-state index in [0.29, 0.717) is 23.3 Å². The van der Waals surface area contributed by atoms with Crippen LogP contribution >= 0.6 is 23.1 Å². The summed E-state index contributed by atoms with van der Waals surface area (Å²) < 4.78 is 15.5. The molecular formula is C21H26FN3O3S2. The predicted octanol–water partition coefficient (Wildman–Crippen LogP) is 5.63. The zero-order valence-electron chi connectivity index (χ0n) is 17.1. The number of anilines is 2. The molecule has 1 unspecified atom stereocenters. The zero-order valence-corrected chi connectivity index (χ0v) is 18.7. The van der Waals surface area contributed by atoms with Crippen LogP contribution < -0.4 is 10.2 Å². The Morgan fingerprint density at radius 2 is 2.13 bits per heavy atom. The van der Waals surface area contributed by atoms with Crippen LogP contribution in [0, 0.1) is 24.6 Å². The Labute approximate surface area is 183 Å². The van der Waals surface area contributed by atoms with Crippen molar-refractivity contribution in [2.45, 2.75) is 43.7 Å². The number of nitrogens with zero attached hydrogens (tertiary/aromatic N) is 2. The highest BCUT2D eigenvalue weighted by molar-refractivity contribution is 8.01. The zero-order chi connectivity index (χ0) is 21.7. The maximum Gasteiger partial charge on any atom is 0.328 e. The van der Waals surface area contributed by atoms with E-state index in [0.717, 1.165) is 35.5 Å². The van der Waals surface area contributed by atoms with Crippen LogP contribution in [0.4, 0.5) is 20.0 Å². The molecule has 0 bridgehead atoms. The van der Waals surface area contributed by atoms with Crippen molar-refractivity contribution in [3.05, 3.63) is 35.8 Å². The molecule has 3 rings (SSSR count). The number of halogens is 1. The molecule has 1 aliphatic carbocycles. The van der Waals surface area contributed by atoms with Crippen molar-refractivity contribution in [1.29, 1.82) is 0 Å². The van der Waals surface area contributed by atoms with Crippen LogP contribution in [0.15, 0.2) is 28.6 Å². The molecule has 1 heterocycles. The molecule has 1 aliphatic rings. The van der Waals surface area contributed by atoms with Crippen molar-refractivity contribution in [1.82, 2.24) is 4.98 Å². The fraction of sp³-hybridized carbons (Fsp3) is 0.476. The number of benzene rings is 1. The number of aromatic nitrogens is 1. The first-order valence-electron chi connectivity index (χ1n) is 9.99. The number of aliphatic carboxylic acids is 1. The molecule has 0 aliphatic heterocycles. The second-order valence-electron chi connectivity index (χ2n) is 7.68. The average molecular weight is 452 g/mol. The minimum Gasteiger partial charge on any atom is -0.481 e. The van der Waals surface area contributed by atoms with Gasteiger partial charge in [-0.05, 0) is 43.4 Å². The molecule has 1 aromatic heterocycles. The smallest absolute Gasteiger partial charge is 0.328 e. The molecule has 0 spiro atoms. The summed E-state index contributed by atoms with van der Waals surface area (Å²) in [5.74, 6) is -0.949. The number of aryl methyl sites for hydroxylation is 1. The minimum atomic E-state index is -0.844. The van der Waals surface area contributed by atoms with Gasteiger partial charge in [0.05, 0.1) is 22.0 Å². The molecule has 2 N–H and O–H groups in total. The summed E-state index contributed by atoms with van der Waals surface area (Å²) in [7, 11) is 0. The van der Waals surface area contributed by atoms with E-state index in [-0.39, 0.29) is 5.69 Å². The Kier molecular flexibility index (Phi) is 7.71. The van der Waals surface area contributed by atoms with Gasteiger partial charge in [-0.15, -0.1) is 11.8 Å². The van der Waals surface area contributed by atoms with Gasteiger partial charge in [0.2, 0.25) is 0 Å². The molecular weight excluding hydrogens is 425 g/mol. The van der Waals surface area contributed by atoms with Gasteiger partial charge in [-0.1, -0.05) is 37.2 Å². The highest BCUT2D eigenvalue weighted by Gasteiger charge is 2.26. The third-order valence-corrected chi connectivity index (χ3v) is 7.52. The minimum absolute atomic E-state index is 0.270. The summed E-state index contributed by atoms with van der Waals surface area (Å²) >= 11 is 2.67. The van der Waals surface area contributed by atoms with E-state index < -0.39 is 23.7 Å². The van der Waals surface area contributed by atoms with Gasteiger partial charge in [0.25, 0.3) is 0 Å². The van der Waals surface area contributed by atoms with Gasteiger partial charge in [-0.2, -0.15) is 0 Å². The van der Waals surface area contributed by atoms with Crippen LogP contribution in [0.2, 0.25) is 0 Å². The number of hydrogen-bond acceptors (Lipinski definition) is 5. The Hall–Kier alpha value is -2.13. The van der Waals surface area contributed by atoms with Crippen molar-refractivity contribution in [3.8, 4) is 0 Å². The van der Waals surface area contributed by atoms with Crippen molar-refractivity contribution in [3.63, 3.8) is 0 Å². The van der Waals surface area contributed by atoms with Gasteiger partial charge >= 0.3 is 12.0 Å². The van der Waals surface area contributed by atoms with Crippen LogP contribution in [0.1, 0.15) is 38.2 Å². The van der Waals surface area contributed by atoms with Gasteiger partial charge in [0.1, 0.15) is 5.82 Å². The Bertz CT molecular complexity index is 899. The van der Waals surface area contributed by atoms with Crippen molar-refractivity contribution >= 4 is 45.9 Å². The molecule has 1 aromatic carbocycles. The van der Waals surface area contributed by atoms with Gasteiger partial charge in [0.15, 0.2) is 5.13 Å². The number of amides is 2. The molecule has 6 nitrogen and oxygen atoms in total. The number of carboxylic acid groups (broad SMARTS) is 1. The van der Waals surface area contributed by atoms with E-state index >= 15 is 0 Å². The molecule has 1 atom stereocenters. The van der Waals surface area contributed by atoms with Crippen LogP contribution in [0.25, 0.3) is 0 Å². The van der Waals surface area contributed by atoms with E-state index in [1.807, 2.05) is 6.92 Å². The third kappa shape index (κ3) is 5.95. The number of hydrogen-bond donors (Lipinski definition) is 2. The Morgan fingerprint density at radius 3 is 2.80 bits per heavy atom. The highest BCUT2D eigenvalue weighted by Crippen LogP contribution is 2.32. The fourth-order valence-corrected chi connectivity index (χ4v) is 5.29. The lowest BCUT2D eigenvalue weighted by Gasteiger charge is -2.26. The number of carbonyl (C=O) groups is 2. The maximum absolute atomic E-state index is 14.6. The number of urea groups is 1. The largest absolute Gasteiger partial charge is 0.481 e. The summed E-state index contributed by atoms with van der Waals surface area (Å²) in [6.45, 7) is 3.93. The predicted molar refractivity (Wildman–Crippen MR) is 119 cm³/mol. The first-order chi connectivity index (χ1) is 14.3. The summed E-state index contributed by atoms with van der Waals surface area (Å²) in [5.41, 5.74) is 1.07. The summed E-state index contributed by atoms with van der Waals surface area (Å²) in [4.78, 5) is 29.7. The molecule has 0 saturated heterocycles. The third-order valence-electron chi connectivity index (χ3n) is 5.15. The number of nitrogens with one attached hydrogen (secondary N) is 1. The van der Waals surface area contributed by atoms with E-state index in [4.69, 9.17) is 5.11 Å². The highest BCUT2D eigenvalue weighted by atomic mass is 32.2. The van der Waals surface area contributed by atoms with E-state index in [9.17, 15) is 14.0 Å². The van der Waals surface area contributed by atoms with E-state index in [1.54, 1.807) is 25.3 Å². The molecule has 1 fully saturated rings. The quantitative estimate of drug-likeness (QED) is 0.508. The Balaban J connectivity index is 1.71. The molecule has 30 heavy (non-hydrogen) atoms. The monoisotopic (exact) mass is 451 g/mol. The number of rotatable bonds is 8. The molecule has 1 saturated carbocycles. The molecule has 2 amide bonds. The second-order valence-corrected chi connectivity index (χ2v) is 10.0. The van der Waals surface area contributed by atoms with Crippen molar-refractivity contribution in [2.24, 2.45) is 11.8 Å². The van der Waals surface area contributed by atoms with Crippen molar-refractivity contribution in [2.75, 3.05) is 22.5 Å². The van der Waals surface area contributed by atoms with E-state index in [1.165, 1.54) is 34.1 Å². The van der Waals surface area contributed by atoms with Gasteiger partial charge in [0, 0.05) is 12.3 Å². The maximum atomic E-state index is 14.6. The number of carboxylic acids is 1. The van der Waals surface area contributed by atoms with Gasteiger partial charge in [-0.3, -0.25) is 15.0 Å². The Morgan fingerprint density at radius 1 is 1.40 bits per heavy atom. The molecule has 9 heteroatoms. The number of thiazole rings is 1. The topological polar surface area (TPSA) is 82.5 Å².